The standard InChI is InChI=1S/C19H30N6O2S2/c1-15(26)25(16-5-6-16)18-20-24(19(28)29-18)14-22-11-9-21(10-12-22)13-17(27)23-7-3-2-4-8-23/h16H,2-14H2,1H3. The van der Waals surface area contributed by atoms with E-state index in [1.807, 2.05) is 9.58 Å². The normalized spacial score (nSPS) is 21.3. The van der Waals surface area contributed by atoms with Crippen LogP contribution in [-0.4, -0.2) is 88.1 Å². The molecule has 8 nitrogen and oxygen atoms in total. The van der Waals surface area contributed by atoms with Gasteiger partial charge in [0.05, 0.1) is 13.2 Å². The average Bonchev–Trinajstić information content (AvgIpc) is 3.47. The van der Waals surface area contributed by atoms with Crippen LogP contribution in [0, 0.1) is 3.95 Å². The third kappa shape index (κ3) is 5.22. The number of carbonyl (C=O) groups is 2. The van der Waals surface area contributed by atoms with Gasteiger partial charge in [-0.1, -0.05) is 11.3 Å². The Bertz CT molecular complexity index is 791. The molecule has 1 saturated carbocycles. The van der Waals surface area contributed by atoms with Gasteiger partial charge < -0.3 is 4.90 Å². The van der Waals surface area contributed by atoms with Crippen LogP contribution in [0.15, 0.2) is 0 Å². The number of anilines is 1. The molecule has 29 heavy (non-hydrogen) atoms. The Kier molecular flexibility index (Phi) is 6.63. The Balaban J connectivity index is 1.28. The minimum absolute atomic E-state index is 0.0374. The molecule has 1 aromatic rings. The minimum Gasteiger partial charge on any atom is -0.342 e. The van der Waals surface area contributed by atoms with Gasteiger partial charge in [0.2, 0.25) is 16.9 Å². The first-order valence-corrected chi connectivity index (χ1v) is 11.8. The Hall–Kier alpha value is -1.36. The summed E-state index contributed by atoms with van der Waals surface area (Å²) in [6.07, 6.45) is 5.61. The highest BCUT2D eigenvalue weighted by Gasteiger charge is 2.34. The summed E-state index contributed by atoms with van der Waals surface area (Å²) in [5.74, 6) is 0.310. The fraction of sp³-hybridized carbons (Fsp3) is 0.789. The van der Waals surface area contributed by atoms with Crippen LogP contribution in [0.2, 0.25) is 0 Å². The van der Waals surface area contributed by atoms with Gasteiger partial charge in [-0.05, 0) is 44.3 Å². The molecule has 1 aromatic heterocycles. The first kappa shape index (κ1) is 20.9. The Morgan fingerprint density at radius 1 is 1.07 bits per heavy atom. The van der Waals surface area contributed by atoms with Crippen molar-refractivity contribution in [2.75, 3.05) is 50.7 Å². The summed E-state index contributed by atoms with van der Waals surface area (Å²) < 4.78 is 2.54. The Morgan fingerprint density at radius 3 is 2.34 bits per heavy atom. The van der Waals surface area contributed by atoms with Crippen LogP contribution < -0.4 is 4.90 Å². The number of amides is 2. The van der Waals surface area contributed by atoms with E-state index in [0.29, 0.717) is 23.2 Å². The molecule has 3 fully saturated rings. The van der Waals surface area contributed by atoms with E-state index in [1.54, 1.807) is 11.8 Å². The molecule has 4 rings (SSSR count). The van der Waals surface area contributed by atoms with Crippen LogP contribution in [0.5, 0.6) is 0 Å². The second-order valence-electron chi connectivity index (χ2n) is 8.25. The van der Waals surface area contributed by atoms with E-state index >= 15 is 0 Å². The number of hydrogen-bond acceptors (Lipinski definition) is 7. The highest BCUT2D eigenvalue weighted by atomic mass is 32.1. The molecule has 0 aromatic carbocycles. The zero-order valence-electron chi connectivity index (χ0n) is 17.1. The van der Waals surface area contributed by atoms with Crippen LogP contribution in [0.1, 0.15) is 39.0 Å². The number of rotatable bonds is 6. The lowest BCUT2D eigenvalue weighted by Gasteiger charge is -2.35. The summed E-state index contributed by atoms with van der Waals surface area (Å²) >= 11 is 6.92. The highest BCUT2D eigenvalue weighted by molar-refractivity contribution is 7.73. The topological polar surface area (TPSA) is 64.9 Å². The van der Waals surface area contributed by atoms with Crippen molar-refractivity contribution in [1.29, 1.82) is 0 Å². The molecule has 0 atom stereocenters. The van der Waals surface area contributed by atoms with Crippen molar-refractivity contribution in [3.05, 3.63) is 3.95 Å². The first-order chi connectivity index (χ1) is 14.0. The van der Waals surface area contributed by atoms with E-state index in [4.69, 9.17) is 12.2 Å². The SMILES string of the molecule is CC(=O)N(c1nn(CN2CCN(CC(=O)N3CCCCC3)CC2)c(=S)s1)C1CC1. The summed E-state index contributed by atoms with van der Waals surface area (Å²) in [5, 5.41) is 5.35. The molecular weight excluding hydrogens is 408 g/mol. The van der Waals surface area contributed by atoms with E-state index in [0.717, 1.165) is 70.1 Å². The lowest BCUT2D eigenvalue weighted by Crippen LogP contribution is -2.50. The maximum atomic E-state index is 12.5. The number of piperazine rings is 1. The van der Waals surface area contributed by atoms with Crippen molar-refractivity contribution in [1.82, 2.24) is 24.5 Å². The van der Waals surface area contributed by atoms with Crippen molar-refractivity contribution >= 4 is 40.5 Å². The summed E-state index contributed by atoms with van der Waals surface area (Å²) in [6.45, 7) is 8.14. The van der Waals surface area contributed by atoms with Crippen molar-refractivity contribution in [2.24, 2.45) is 0 Å². The molecule has 0 radical (unpaired) electrons. The number of carbonyl (C=O) groups excluding carboxylic acids is 2. The zero-order valence-corrected chi connectivity index (χ0v) is 18.7. The average molecular weight is 439 g/mol. The predicted octanol–water partition coefficient (Wildman–Crippen LogP) is 1.78. The smallest absolute Gasteiger partial charge is 0.236 e. The maximum Gasteiger partial charge on any atom is 0.236 e. The highest BCUT2D eigenvalue weighted by Crippen LogP contribution is 2.33. The summed E-state index contributed by atoms with van der Waals surface area (Å²) in [6, 6.07) is 0.294. The fourth-order valence-electron chi connectivity index (χ4n) is 4.08. The summed E-state index contributed by atoms with van der Waals surface area (Å²) in [7, 11) is 0. The van der Waals surface area contributed by atoms with Crippen molar-refractivity contribution < 1.29 is 9.59 Å². The second kappa shape index (κ2) is 9.20. The Labute approximate surface area is 181 Å². The van der Waals surface area contributed by atoms with Crippen LogP contribution in [0.4, 0.5) is 5.13 Å². The minimum atomic E-state index is 0.0374. The molecule has 0 bridgehead atoms. The van der Waals surface area contributed by atoms with E-state index < -0.39 is 0 Å². The molecule has 0 N–H and O–H groups in total. The van der Waals surface area contributed by atoms with E-state index in [-0.39, 0.29) is 11.8 Å². The quantitative estimate of drug-likeness (QED) is 0.631. The third-order valence-electron chi connectivity index (χ3n) is 5.92. The van der Waals surface area contributed by atoms with E-state index in [2.05, 4.69) is 14.9 Å². The van der Waals surface area contributed by atoms with Gasteiger partial charge in [0.1, 0.15) is 0 Å². The van der Waals surface area contributed by atoms with Crippen LogP contribution in [-0.2, 0) is 16.3 Å². The lowest BCUT2D eigenvalue weighted by atomic mass is 10.1. The van der Waals surface area contributed by atoms with Crippen molar-refractivity contribution in [2.45, 2.75) is 51.7 Å². The predicted molar refractivity (Wildman–Crippen MR) is 116 cm³/mol. The first-order valence-electron chi connectivity index (χ1n) is 10.6. The zero-order chi connectivity index (χ0) is 20.4. The summed E-state index contributed by atoms with van der Waals surface area (Å²) in [4.78, 5) is 32.8. The number of aromatic nitrogens is 2. The van der Waals surface area contributed by atoms with E-state index in [1.165, 1.54) is 17.8 Å². The Morgan fingerprint density at radius 2 is 1.72 bits per heavy atom. The number of likely N-dealkylation sites (tertiary alicyclic amines) is 1. The molecule has 160 valence electrons. The molecule has 2 saturated heterocycles. The van der Waals surface area contributed by atoms with Gasteiger partial charge in [0.25, 0.3) is 0 Å². The molecule has 1 aliphatic carbocycles. The molecule has 0 unspecified atom stereocenters. The van der Waals surface area contributed by atoms with Crippen molar-refractivity contribution in [3.63, 3.8) is 0 Å². The van der Waals surface area contributed by atoms with Gasteiger partial charge in [0.15, 0.2) is 3.95 Å². The van der Waals surface area contributed by atoms with Gasteiger partial charge in [-0.15, -0.1) is 5.10 Å². The number of piperidine rings is 1. The van der Waals surface area contributed by atoms with Gasteiger partial charge in [-0.25, -0.2) is 4.68 Å². The van der Waals surface area contributed by atoms with E-state index in [9.17, 15) is 9.59 Å². The molecule has 3 aliphatic rings. The van der Waals surface area contributed by atoms with Crippen LogP contribution >= 0.6 is 23.6 Å². The van der Waals surface area contributed by atoms with Gasteiger partial charge in [-0.2, -0.15) is 0 Å². The van der Waals surface area contributed by atoms with Crippen LogP contribution in [0.25, 0.3) is 0 Å². The lowest BCUT2D eigenvalue weighted by molar-refractivity contribution is -0.133. The molecule has 0 spiro atoms. The van der Waals surface area contributed by atoms with Gasteiger partial charge in [-0.3, -0.25) is 24.3 Å². The monoisotopic (exact) mass is 438 g/mol. The second-order valence-corrected chi connectivity index (χ2v) is 9.85. The van der Waals surface area contributed by atoms with Crippen molar-refractivity contribution in [3.8, 4) is 0 Å². The third-order valence-corrected chi connectivity index (χ3v) is 7.23. The number of hydrogen-bond donors (Lipinski definition) is 0. The summed E-state index contributed by atoms with van der Waals surface area (Å²) in [5.41, 5.74) is 0. The molecule has 2 aliphatic heterocycles. The molecule has 3 heterocycles. The maximum absolute atomic E-state index is 12.5. The number of nitrogens with zero attached hydrogens (tertiary/aromatic N) is 6. The molecular formula is C19H30N6O2S2. The van der Waals surface area contributed by atoms with Crippen LogP contribution in [0.3, 0.4) is 0 Å². The van der Waals surface area contributed by atoms with Gasteiger partial charge in [0, 0.05) is 52.2 Å². The fourth-order valence-corrected chi connectivity index (χ4v) is 5.27. The molecule has 2 amide bonds. The largest absolute Gasteiger partial charge is 0.342 e. The molecule has 10 heteroatoms. The van der Waals surface area contributed by atoms with Gasteiger partial charge >= 0.3 is 0 Å².